The van der Waals surface area contributed by atoms with Crippen molar-refractivity contribution in [1.29, 1.82) is 5.26 Å². The summed E-state index contributed by atoms with van der Waals surface area (Å²) in [5.74, 6) is -0.576. The van der Waals surface area contributed by atoms with Crippen molar-refractivity contribution >= 4 is 35.1 Å². The number of benzene rings is 1. The van der Waals surface area contributed by atoms with E-state index in [9.17, 15) is 22.8 Å². The fourth-order valence-corrected chi connectivity index (χ4v) is 3.84. The first-order valence-electron chi connectivity index (χ1n) is 12.0. The molecule has 212 valence electrons. The zero-order valence-corrected chi connectivity index (χ0v) is 22.9. The average molecular weight is 577 g/mol. The number of pyridine rings is 1. The lowest BCUT2D eigenvalue weighted by molar-refractivity contribution is -0.153. The van der Waals surface area contributed by atoms with Crippen molar-refractivity contribution in [2.24, 2.45) is 0 Å². The lowest BCUT2D eigenvalue weighted by Crippen LogP contribution is -2.22. The molecule has 0 aliphatic heterocycles. The first-order chi connectivity index (χ1) is 18.9. The van der Waals surface area contributed by atoms with E-state index >= 15 is 0 Å². The molecule has 2 N–H and O–H groups in total. The zero-order chi connectivity index (χ0) is 29.4. The van der Waals surface area contributed by atoms with Crippen LogP contribution < -0.4 is 20.1 Å². The van der Waals surface area contributed by atoms with Crippen LogP contribution in [0.15, 0.2) is 36.5 Å². The molecule has 1 aromatic carbocycles. The molecule has 0 unspecified atom stereocenters. The predicted octanol–water partition coefficient (Wildman–Crippen LogP) is 4.98. The predicted molar refractivity (Wildman–Crippen MR) is 144 cm³/mol. The quantitative estimate of drug-likeness (QED) is 0.327. The van der Waals surface area contributed by atoms with Crippen LogP contribution in [0.5, 0.6) is 11.5 Å². The van der Waals surface area contributed by atoms with E-state index in [1.54, 1.807) is 27.0 Å². The number of halogens is 3. The van der Waals surface area contributed by atoms with Crippen LogP contribution in [0.25, 0.3) is 5.82 Å². The van der Waals surface area contributed by atoms with E-state index in [1.807, 2.05) is 6.07 Å². The first kappa shape index (κ1) is 30.3. The summed E-state index contributed by atoms with van der Waals surface area (Å²) in [6.45, 7) is 3.74. The number of thioether (sulfide) groups is 1. The van der Waals surface area contributed by atoms with Gasteiger partial charge in [-0.1, -0.05) is 6.92 Å². The molecular weight excluding hydrogens is 549 g/mol. The Bertz CT molecular complexity index is 1400. The molecular formula is C26H27F3N6O4S. The SMILES string of the molecule is CCc1nn(-c2ccc(C#N)cn2)c(NC(=O)CSC)c1C(=O)Nc1ccc(OCC(F)(F)F)cc1OC(C)C. The normalized spacial score (nSPS) is 11.2. The van der Waals surface area contributed by atoms with E-state index in [0.29, 0.717) is 17.7 Å². The highest BCUT2D eigenvalue weighted by Crippen LogP contribution is 2.33. The van der Waals surface area contributed by atoms with Gasteiger partial charge in [0.05, 0.1) is 28.8 Å². The van der Waals surface area contributed by atoms with E-state index in [0.717, 1.165) is 0 Å². The van der Waals surface area contributed by atoms with Crippen molar-refractivity contribution < 1.29 is 32.2 Å². The lowest BCUT2D eigenvalue weighted by Gasteiger charge is -2.17. The van der Waals surface area contributed by atoms with Gasteiger partial charge in [-0.15, -0.1) is 0 Å². The van der Waals surface area contributed by atoms with Gasteiger partial charge in [0.15, 0.2) is 18.2 Å². The Morgan fingerprint density at radius 2 is 1.95 bits per heavy atom. The Kier molecular flexibility index (Phi) is 10.0. The molecule has 3 aromatic rings. The molecule has 2 amide bonds. The standard InChI is InChI=1S/C26H27F3N6O4S/c1-5-18-23(24(33-22(36)13-40-4)35(34-18)21-9-6-16(11-30)12-31-21)25(37)32-19-8-7-17(38-14-26(27,28)29)10-20(19)39-15(2)3/h6-10,12,15H,5,13-14H2,1-4H3,(H,32,37)(H,33,36). The molecule has 10 nitrogen and oxygen atoms in total. The first-order valence-corrected chi connectivity index (χ1v) is 13.4. The van der Waals surface area contributed by atoms with Gasteiger partial charge < -0.3 is 20.1 Å². The van der Waals surface area contributed by atoms with Crippen LogP contribution in [0.3, 0.4) is 0 Å². The Labute approximate surface area is 232 Å². The van der Waals surface area contributed by atoms with Gasteiger partial charge in [-0.2, -0.15) is 40.0 Å². The molecule has 2 heterocycles. The van der Waals surface area contributed by atoms with Gasteiger partial charge in [-0.25, -0.2) is 4.98 Å². The number of aryl methyl sites for hydroxylation is 1. The molecule has 0 aliphatic carbocycles. The Balaban J connectivity index is 2.04. The monoisotopic (exact) mass is 576 g/mol. The molecule has 0 aliphatic rings. The van der Waals surface area contributed by atoms with E-state index in [-0.39, 0.29) is 52.1 Å². The third kappa shape index (κ3) is 7.89. The number of rotatable bonds is 11. The number of hydrogen-bond donors (Lipinski definition) is 2. The van der Waals surface area contributed by atoms with Crippen LogP contribution >= 0.6 is 11.8 Å². The summed E-state index contributed by atoms with van der Waals surface area (Å²) in [5, 5.41) is 19.0. The fraction of sp³-hybridized carbons (Fsp3) is 0.346. The minimum atomic E-state index is -4.52. The fourth-order valence-electron chi connectivity index (χ4n) is 3.50. The number of ether oxygens (including phenoxy) is 2. The third-order valence-electron chi connectivity index (χ3n) is 5.11. The summed E-state index contributed by atoms with van der Waals surface area (Å²) in [6.07, 6.45) is -1.48. The zero-order valence-electron chi connectivity index (χ0n) is 22.1. The number of nitrogens with zero attached hydrogens (tertiary/aromatic N) is 4. The van der Waals surface area contributed by atoms with Gasteiger partial charge in [0, 0.05) is 12.3 Å². The molecule has 0 radical (unpaired) electrons. The van der Waals surface area contributed by atoms with Crippen molar-refractivity contribution in [3.8, 4) is 23.4 Å². The van der Waals surface area contributed by atoms with Gasteiger partial charge in [0.2, 0.25) is 5.91 Å². The van der Waals surface area contributed by atoms with Crippen molar-refractivity contribution in [2.45, 2.75) is 39.5 Å². The number of carbonyl (C=O) groups excluding carboxylic acids is 2. The van der Waals surface area contributed by atoms with E-state index in [2.05, 4.69) is 20.7 Å². The molecule has 0 saturated carbocycles. The Morgan fingerprint density at radius 3 is 2.52 bits per heavy atom. The van der Waals surface area contributed by atoms with Gasteiger partial charge in [0.1, 0.15) is 23.1 Å². The van der Waals surface area contributed by atoms with Gasteiger partial charge in [0.25, 0.3) is 5.91 Å². The van der Waals surface area contributed by atoms with Crippen LogP contribution in [0.1, 0.15) is 42.4 Å². The molecule has 40 heavy (non-hydrogen) atoms. The summed E-state index contributed by atoms with van der Waals surface area (Å²) in [4.78, 5) is 30.5. The van der Waals surface area contributed by atoms with Gasteiger partial charge in [-0.3, -0.25) is 9.59 Å². The number of carbonyl (C=O) groups is 2. The summed E-state index contributed by atoms with van der Waals surface area (Å²) in [7, 11) is 0. The maximum absolute atomic E-state index is 13.7. The van der Waals surface area contributed by atoms with Crippen LogP contribution in [-0.4, -0.2) is 57.5 Å². The van der Waals surface area contributed by atoms with Crippen molar-refractivity contribution in [1.82, 2.24) is 14.8 Å². The summed E-state index contributed by atoms with van der Waals surface area (Å²) < 4.78 is 49.8. The average Bonchev–Trinajstić information content (AvgIpc) is 3.26. The molecule has 14 heteroatoms. The summed E-state index contributed by atoms with van der Waals surface area (Å²) in [5.41, 5.74) is 0.902. The number of nitriles is 1. The number of aromatic nitrogens is 3. The number of anilines is 2. The highest BCUT2D eigenvalue weighted by Gasteiger charge is 2.29. The number of alkyl halides is 3. The molecule has 0 bridgehead atoms. The number of nitrogens with one attached hydrogen (secondary N) is 2. The van der Waals surface area contributed by atoms with E-state index in [1.165, 1.54) is 53.0 Å². The maximum Gasteiger partial charge on any atom is 0.422 e. The van der Waals surface area contributed by atoms with Gasteiger partial charge >= 0.3 is 6.18 Å². The molecule has 0 saturated heterocycles. The molecule has 3 rings (SSSR count). The molecule has 0 spiro atoms. The third-order valence-corrected chi connectivity index (χ3v) is 5.66. The highest BCUT2D eigenvalue weighted by atomic mass is 32.2. The lowest BCUT2D eigenvalue weighted by atomic mass is 10.1. The minimum Gasteiger partial charge on any atom is -0.489 e. The largest absolute Gasteiger partial charge is 0.489 e. The molecule has 2 aromatic heterocycles. The summed E-state index contributed by atoms with van der Waals surface area (Å²) >= 11 is 1.29. The number of amides is 2. The minimum absolute atomic E-state index is 0.0657. The molecule has 0 atom stereocenters. The second kappa shape index (κ2) is 13.2. The molecule has 0 fully saturated rings. The van der Waals surface area contributed by atoms with Crippen molar-refractivity contribution in [2.75, 3.05) is 29.2 Å². The van der Waals surface area contributed by atoms with Crippen LogP contribution in [-0.2, 0) is 11.2 Å². The van der Waals surface area contributed by atoms with Crippen LogP contribution in [0.2, 0.25) is 0 Å². The maximum atomic E-state index is 13.7. The van der Waals surface area contributed by atoms with E-state index in [4.69, 9.17) is 14.7 Å². The Hall–Kier alpha value is -4.25. The second-order valence-corrected chi connectivity index (χ2v) is 9.48. The highest BCUT2D eigenvalue weighted by molar-refractivity contribution is 7.99. The second-order valence-electron chi connectivity index (χ2n) is 8.62. The van der Waals surface area contributed by atoms with Crippen molar-refractivity contribution in [3.05, 3.63) is 53.3 Å². The van der Waals surface area contributed by atoms with Crippen molar-refractivity contribution in [3.63, 3.8) is 0 Å². The van der Waals surface area contributed by atoms with Gasteiger partial charge in [-0.05, 0) is 50.8 Å². The van der Waals surface area contributed by atoms with Crippen LogP contribution in [0, 0.1) is 11.3 Å². The number of hydrogen-bond acceptors (Lipinski definition) is 8. The van der Waals surface area contributed by atoms with E-state index < -0.39 is 18.7 Å². The summed E-state index contributed by atoms with van der Waals surface area (Å²) in [6, 6.07) is 8.94. The Morgan fingerprint density at radius 1 is 1.20 bits per heavy atom. The topological polar surface area (TPSA) is 131 Å². The smallest absolute Gasteiger partial charge is 0.422 e. The van der Waals surface area contributed by atoms with Crippen LogP contribution in [0.4, 0.5) is 24.7 Å².